The molecule has 16 heteroatoms. The number of nitro groups is 1. The summed E-state index contributed by atoms with van der Waals surface area (Å²) in [6.07, 6.45) is 3.07. The minimum Gasteiger partial charge on any atom is -0.460 e. The SMILES string of the molecule is CC(C)(C)OC(=O)CC[C@@H](NC(=O)[C@@H](CCc1ccncc1)NS(=O)(=O)Cc1ccc([N+](=O)[O-])cc1)C(=O)NCc1ccc(C(=N)N)cc1. The number of rotatable bonds is 17. The first-order valence-electron chi connectivity index (χ1n) is 15.4. The Kier molecular flexibility index (Phi) is 13.5. The van der Waals surface area contributed by atoms with Crippen LogP contribution in [0.5, 0.6) is 0 Å². The number of nitrogens with one attached hydrogen (secondary N) is 4. The monoisotopic (exact) mass is 695 g/mol. The third-order valence-corrected chi connectivity index (χ3v) is 8.39. The molecule has 0 aliphatic rings. The number of amidine groups is 1. The number of aromatic nitrogens is 1. The Labute approximate surface area is 284 Å². The summed E-state index contributed by atoms with van der Waals surface area (Å²) < 4.78 is 34.3. The maximum Gasteiger partial charge on any atom is 0.306 e. The quantitative estimate of drug-likeness (QED) is 0.0455. The Bertz CT molecular complexity index is 1730. The summed E-state index contributed by atoms with van der Waals surface area (Å²) in [5, 5.41) is 23.9. The maximum absolute atomic E-state index is 13.7. The molecule has 0 radical (unpaired) electrons. The summed E-state index contributed by atoms with van der Waals surface area (Å²) in [6, 6.07) is 12.5. The van der Waals surface area contributed by atoms with Crippen molar-refractivity contribution in [3.8, 4) is 0 Å². The number of hydrogen-bond acceptors (Lipinski definition) is 10. The molecule has 0 aliphatic carbocycles. The van der Waals surface area contributed by atoms with Crippen LogP contribution in [0.4, 0.5) is 5.69 Å². The van der Waals surface area contributed by atoms with E-state index in [1.54, 1.807) is 69.6 Å². The van der Waals surface area contributed by atoms with Crippen molar-refractivity contribution in [2.75, 3.05) is 0 Å². The molecule has 3 rings (SSSR count). The number of nitrogens with zero attached hydrogens (tertiary/aromatic N) is 2. The molecule has 6 N–H and O–H groups in total. The molecule has 262 valence electrons. The van der Waals surface area contributed by atoms with Crippen molar-refractivity contribution in [1.29, 1.82) is 5.41 Å². The van der Waals surface area contributed by atoms with E-state index in [1.807, 2.05) is 0 Å². The second-order valence-corrected chi connectivity index (χ2v) is 14.0. The predicted octanol–water partition coefficient (Wildman–Crippen LogP) is 2.62. The van der Waals surface area contributed by atoms with Crippen molar-refractivity contribution in [2.45, 2.75) is 76.4 Å². The molecule has 1 aromatic heterocycles. The summed E-state index contributed by atoms with van der Waals surface area (Å²) in [5.74, 6) is -2.67. The molecule has 0 saturated carbocycles. The van der Waals surface area contributed by atoms with E-state index in [0.29, 0.717) is 11.1 Å². The molecule has 0 bridgehead atoms. The number of nitrogen functional groups attached to an aromatic ring is 1. The van der Waals surface area contributed by atoms with Crippen LogP contribution in [0.3, 0.4) is 0 Å². The van der Waals surface area contributed by atoms with Gasteiger partial charge in [0.25, 0.3) is 5.69 Å². The zero-order chi connectivity index (χ0) is 36.2. The fourth-order valence-corrected chi connectivity index (χ4v) is 5.98. The van der Waals surface area contributed by atoms with Crippen LogP contribution in [0.1, 0.15) is 62.3 Å². The van der Waals surface area contributed by atoms with Crippen LogP contribution < -0.4 is 21.1 Å². The van der Waals surface area contributed by atoms with E-state index < -0.39 is 56.2 Å². The lowest BCUT2D eigenvalue weighted by Gasteiger charge is -2.24. The maximum atomic E-state index is 13.7. The van der Waals surface area contributed by atoms with Crippen LogP contribution in [0.2, 0.25) is 0 Å². The van der Waals surface area contributed by atoms with Gasteiger partial charge in [-0.15, -0.1) is 0 Å². The van der Waals surface area contributed by atoms with Crippen molar-refractivity contribution in [2.24, 2.45) is 5.73 Å². The van der Waals surface area contributed by atoms with Crippen molar-refractivity contribution in [3.63, 3.8) is 0 Å². The van der Waals surface area contributed by atoms with Crippen LogP contribution in [-0.4, -0.2) is 59.6 Å². The standard InChI is InChI=1S/C33H41N7O8S/c1-33(2,3)48-29(41)15-14-27(31(42)37-20-23-4-9-25(10-5-23)30(34)35)38-32(43)28(13-8-22-16-18-36-19-17-22)39-49(46,47)21-24-6-11-26(12-7-24)40(44)45/h4-7,9-12,16-19,27-28,39H,8,13-15,20-21H2,1-3H3,(H3,34,35)(H,37,42)(H,38,43)/t27-,28-/m1/s1. The fourth-order valence-electron chi connectivity index (χ4n) is 4.61. The molecule has 0 saturated heterocycles. The van der Waals surface area contributed by atoms with Gasteiger partial charge in [-0.25, -0.2) is 13.1 Å². The molecule has 2 atom stereocenters. The van der Waals surface area contributed by atoms with E-state index in [9.17, 15) is 32.9 Å². The van der Waals surface area contributed by atoms with Crippen molar-refractivity contribution in [3.05, 3.63) is 105 Å². The first-order chi connectivity index (χ1) is 23.0. The van der Waals surface area contributed by atoms with Gasteiger partial charge in [0.1, 0.15) is 23.5 Å². The summed E-state index contributed by atoms with van der Waals surface area (Å²) in [6.45, 7) is 5.16. The molecule has 0 fully saturated rings. The van der Waals surface area contributed by atoms with Gasteiger partial charge in [-0.05, 0) is 68.9 Å². The lowest BCUT2D eigenvalue weighted by atomic mass is 10.0. The molecule has 2 aromatic carbocycles. The third-order valence-electron chi connectivity index (χ3n) is 7.04. The summed E-state index contributed by atoms with van der Waals surface area (Å²) in [7, 11) is -4.17. The highest BCUT2D eigenvalue weighted by Gasteiger charge is 2.30. The van der Waals surface area contributed by atoms with E-state index in [4.69, 9.17) is 15.9 Å². The van der Waals surface area contributed by atoms with Crippen LogP contribution in [-0.2, 0) is 47.9 Å². The average molecular weight is 696 g/mol. The number of sulfonamides is 1. The highest BCUT2D eigenvalue weighted by Crippen LogP contribution is 2.16. The van der Waals surface area contributed by atoms with Crippen LogP contribution in [0.25, 0.3) is 0 Å². The Morgan fingerprint density at radius 1 is 0.918 bits per heavy atom. The molecule has 1 heterocycles. The summed E-state index contributed by atoms with van der Waals surface area (Å²) >= 11 is 0. The Morgan fingerprint density at radius 3 is 2.10 bits per heavy atom. The first kappa shape index (κ1) is 38.2. The van der Waals surface area contributed by atoms with Crippen LogP contribution in [0.15, 0.2) is 73.1 Å². The number of hydrogen-bond donors (Lipinski definition) is 5. The van der Waals surface area contributed by atoms with Gasteiger partial charge in [0.2, 0.25) is 21.8 Å². The molecule has 0 unspecified atom stereocenters. The minimum atomic E-state index is -4.17. The van der Waals surface area contributed by atoms with Crippen LogP contribution >= 0.6 is 0 Å². The van der Waals surface area contributed by atoms with E-state index in [2.05, 4.69) is 20.3 Å². The molecule has 0 spiro atoms. The Balaban J connectivity index is 1.80. The number of aryl methyl sites for hydroxylation is 1. The first-order valence-corrected chi connectivity index (χ1v) is 17.0. The number of nitrogens with two attached hydrogens (primary N) is 1. The van der Waals surface area contributed by atoms with E-state index in [-0.39, 0.29) is 49.3 Å². The normalized spacial score (nSPS) is 12.7. The largest absolute Gasteiger partial charge is 0.460 e. The highest BCUT2D eigenvalue weighted by molar-refractivity contribution is 7.88. The highest BCUT2D eigenvalue weighted by atomic mass is 32.2. The van der Waals surface area contributed by atoms with Crippen molar-refractivity contribution < 1.29 is 32.5 Å². The Hall–Kier alpha value is -5.22. The lowest BCUT2D eigenvalue weighted by Crippen LogP contribution is -2.54. The topological polar surface area (TPSA) is 237 Å². The van der Waals surface area contributed by atoms with E-state index in [1.165, 1.54) is 24.3 Å². The van der Waals surface area contributed by atoms with E-state index >= 15 is 0 Å². The van der Waals surface area contributed by atoms with Gasteiger partial charge in [0, 0.05) is 43.1 Å². The average Bonchev–Trinajstić information content (AvgIpc) is 3.03. The smallest absolute Gasteiger partial charge is 0.306 e. The number of pyridine rings is 1. The molecule has 2 amide bonds. The zero-order valence-corrected chi connectivity index (χ0v) is 28.3. The minimum absolute atomic E-state index is 0.0121. The van der Waals surface area contributed by atoms with Crippen LogP contribution in [0, 0.1) is 15.5 Å². The number of carbonyl (C=O) groups is 3. The van der Waals surface area contributed by atoms with E-state index in [0.717, 1.165) is 5.56 Å². The number of carbonyl (C=O) groups excluding carboxylic acids is 3. The second-order valence-electron chi connectivity index (χ2n) is 12.3. The molecule has 3 aromatic rings. The number of amides is 2. The summed E-state index contributed by atoms with van der Waals surface area (Å²) in [5.41, 5.74) is 6.77. The number of ether oxygens (including phenoxy) is 1. The fraction of sp³-hybridized carbons (Fsp3) is 0.364. The molecular formula is C33H41N7O8S. The predicted molar refractivity (Wildman–Crippen MR) is 182 cm³/mol. The Morgan fingerprint density at radius 2 is 1.53 bits per heavy atom. The van der Waals surface area contributed by atoms with Gasteiger partial charge in [-0.2, -0.15) is 0 Å². The number of non-ortho nitro benzene ring substituents is 1. The van der Waals surface area contributed by atoms with Gasteiger partial charge in [-0.1, -0.05) is 36.4 Å². The van der Waals surface area contributed by atoms with Gasteiger partial charge in [-0.3, -0.25) is 34.9 Å². The number of nitro benzene ring substituents is 1. The van der Waals surface area contributed by atoms with Gasteiger partial charge >= 0.3 is 5.97 Å². The molecular weight excluding hydrogens is 654 g/mol. The summed E-state index contributed by atoms with van der Waals surface area (Å²) in [4.78, 5) is 54.0. The second kappa shape index (κ2) is 17.3. The van der Waals surface area contributed by atoms with Gasteiger partial charge in [0.15, 0.2) is 0 Å². The molecule has 15 nitrogen and oxygen atoms in total. The number of benzene rings is 2. The molecule has 0 aliphatic heterocycles. The number of esters is 1. The lowest BCUT2D eigenvalue weighted by molar-refractivity contribution is -0.384. The van der Waals surface area contributed by atoms with Gasteiger partial charge < -0.3 is 21.1 Å². The molecule has 49 heavy (non-hydrogen) atoms. The van der Waals surface area contributed by atoms with Gasteiger partial charge in [0.05, 0.1) is 10.7 Å². The van der Waals surface area contributed by atoms with Crippen molar-refractivity contribution in [1.82, 2.24) is 20.3 Å². The zero-order valence-electron chi connectivity index (χ0n) is 27.5. The van der Waals surface area contributed by atoms with Crippen molar-refractivity contribution >= 4 is 39.3 Å². The third kappa shape index (κ3) is 13.4.